The number of pyridine rings is 2. The minimum atomic E-state index is -0.516. The van der Waals surface area contributed by atoms with Crippen molar-refractivity contribution in [3.63, 3.8) is 0 Å². The maximum Gasteiger partial charge on any atom is 0.323 e. The SMILES string of the molecule is C/C=C/c1ccc2n(c1=O)C[C@H]1[C@H](CO)[C@@H](C(=O)OC)N(CCc3ccccc3)[C@@H]21.C/C=C\c1ccc2n(c1=O)C[C@H]1[C@H](CO)[C@@H](C(=O)OC)N(CCc3ccccc3)[C@@H]21. The van der Waals surface area contributed by atoms with Crippen LogP contribution in [0.4, 0.5) is 0 Å². The predicted octanol–water partition coefficient (Wildman–Crippen LogP) is 4.52. The Bertz CT molecular complexity index is 2160. The lowest BCUT2D eigenvalue weighted by Gasteiger charge is -2.29. The molecule has 4 aliphatic rings. The second-order valence-electron chi connectivity index (χ2n) is 16.1. The number of hydrogen-bond donors (Lipinski definition) is 2. The molecule has 0 aliphatic carbocycles. The van der Waals surface area contributed by atoms with Gasteiger partial charge in [0.05, 0.1) is 26.3 Å². The van der Waals surface area contributed by atoms with Crippen LogP contribution in [-0.2, 0) is 45.0 Å². The number of methoxy groups -OCH3 is 2. The van der Waals surface area contributed by atoms with Crippen LogP contribution in [0.5, 0.6) is 0 Å². The number of fused-ring (bicyclic) bond motifs is 6. The molecule has 0 unspecified atom stereocenters. The van der Waals surface area contributed by atoms with Gasteiger partial charge < -0.3 is 28.8 Å². The van der Waals surface area contributed by atoms with E-state index < -0.39 is 12.1 Å². The highest BCUT2D eigenvalue weighted by atomic mass is 16.5. The molecule has 2 aromatic heterocycles. The average Bonchev–Trinajstić information content (AvgIpc) is 4.01. The Morgan fingerprint density at radius 2 is 1.00 bits per heavy atom. The van der Waals surface area contributed by atoms with Crippen LogP contribution in [0.15, 0.2) is 107 Å². The molecule has 4 aliphatic heterocycles. The first-order valence-corrected chi connectivity index (χ1v) is 20.9. The first-order chi connectivity index (χ1) is 29.2. The molecule has 8 rings (SSSR count). The van der Waals surface area contributed by atoms with Gasteiger partial charge in [0, 0.05) is 85.6 Å². The molecule has 0 spiro atoms. The quantitative estimate of drug-likeness (QED) is 0.196. The molecular weight excluding hydrogens is 761 g/mol. The number of ether oxygens (including phenoxy) is 2. The zero-order valence-corrected chi connectivity index (χ0v) is 34.8. The number of aliphatic hydroxyl groups is 2. The largest absolute Gasteiger partial charge is 0.468 e. The van der Waals surface area contributed by atoms with E-state index in [1.165, 1.54) is 25.3 Å². The Morgan fingerprint density at radius 3 is 1.33 bits per heavy atom. The molecular formula is C48H56N4O8. The molecule has 60 heavy (non-hydrogen) atoms. The van der Waals surface area contributed by atoms with E-state index in [1.807, 2.05) is 108 Å². The number of carbonyl (C=O) groups excluding carboxylic acids is 2. The summed E-state index contributed by atoms with van der Waals surface area (Å²) in [6, 6.07) is 26.7. The lowest BCUT2D eigenvalue weighted by molar-refractivity contribution is -0.149. The fourth-order valence-electron chi connectivity index (χ4n) is 10.4. The van der Waals surface area contributed by atoms with Crippen molar-refractivity contribution in [3.05, 3.63) is 151 Å². The molecule has 316 valence electrons. The normalized spacial score (nSPS) is 25.4. The lowest BCUT2D eigenvalue weighted by Crippen LogP contribution is -2.44. The summed E-state index contributed by atoms with van der Waals surface area (Å²) in [5, 5.41) is 20.4. The summed E-state index contributed by atoms with van der Waals surface area (Å²) < 4.78 is 13.8. The summed E-state index contributed by atoms with van der Waals surface area (Å²) in [6.45, 7) is 5.84. The van der Waals surface area contributed by atoms with Gasteiger partial charge in [0.1, 0.15) is 12.1 Å². The highest BCUT2D eigenvalue weighted by molar-refractivity contribution is 5.77. The van der Waals surface area contributed by atoms with Gasteiger partial charge in [0.15, 0.2) is 0 Å². The van der Waals surface area contributed by atoms with Crippen molar-refractivity contribution in [3.8, 4) is 0 Å². The molecule has 4 aromatic rings. The molecule has 2 N–H and O–H groups in total. The van der Waals surface area contributed by atoms with Crippen LogP contribution in [0.2, 0.25) is 0 Å². The van der Waals surface area contributed by atoms with Crippen LogP contribution in [0, 0.1) is 23.7 Å². The minimum absolute atomic E-state index is 0.0107. The molecule has 0 amide bonds. The number of allylic oxidation sites excluding steroid dienone is 2. The summed E-state index contributed by atoms with van der Waals surface area (Å²) in [5.41, 5.74) is 5.47. The Labute approximate surface area is 351 Å². The van der Waals surface area contributed by atoms with Gasteiger partial charge >= 0.3 is 11.9 Å². The van der Waals surface area contributed by atoms with E-state index in [1.54, 1.807) is 0 Å². The molecule has 2 aromatic carbocycles. The van der Waals surface area contributed by atoms with Gasteiger partial charge in [0.25, 0.3) is 11.1 Å². The lowest BCUT2D eigenvalue weighted by atomic mass is 9.88. The summed E-state index contributed by atoms with van der Waals surface area (Å²) in [6.07, 6.45) is 8.90. The Balaban J connectivity index is 0.000000181. The molecule has 2 saturated heterocycles. The first kappa shape index (κ1) is 42.7. The second kappa shape index (κ2) is 18.9. The van der Waals surface area contributed by atoms with Crippen molar-refractivity contribution < 1.29 is 29.3 Å². The van der Waals surface area contributed by atoms with Crippen LogP contribution in [0.1, 0.15) is 59.6 Å². The van der Waals surface area contributed by atoms with Crippen molar-refractivity contribution in [2.24, 2.45) is 23.7 Å². The standard InChI is InChI=1S/2C24H28N2O4/c2*1-3-7-17-10-11-20-21-18(14-26(20)23(17)28)19(15-27)22(24(29)30-2)25(21)13-12-16-8-5-4-6-9-16/h2*3-11,18-19,21-22,27H,12-15H2,1-2H3/b7-3+;7-3-/t2*18-,19-,21+,22-/m00/s1. The molecule has 12 heteroatoms. The maximum atomic E-state index is 13.0. The monoisotopic (exact) mass is 816 g/mol. The van der Waals surface area contributed by atoms with Gasteiger partial charge in [-0.15, -0.1) is 0 Å². The third-order valence-electron chi connectivity index (χ3n) is 13.0. The molecule has 6 heterocycles. The Kier molecular flexibility index (Phi) is 13.4. The Morgan fingerprint density at radius 1 is 0.617 bits per heavy atom. The zero-order valence-electron chi connectivity index (χ0n) is 34.8. The number of benzene rings is 2. The van der Waals surface area contributed by atoms with E-state index in [2.05, 4.69) is 34.1 Å². The van der Waals surface area contributed by atoms with Crippen LogP contribution in [0.3, 0.4) is 0 Å². The van der Waals surface area contributed by atoms with E-state index in [4.69, 9.17) is 9.47 Å². The van der Waals surface area contributed by atoms with Crippen LogP contribution in [-0.4, -0.2) is 93.7 Å². The van der Waals surface area contributed by atoms with Crippen LogP contribution >= 0.6 is 0 Å². The fraction of sp³-hybridized carbons (Fsp3) is 0.417. The summed E-state index contributed by atoms with van der Waals surface area (Å²) in [4.78, 5) is 55.6. The summed E-state index contributed by atoms with van der Waals surface area (Å²) in [5.74, 6) is -1.22. The van der Waals surface area contributed by atoms with E-state index in [0.29, 0.717) is 37.3 Å². The van der Waals surface area contributed by atoms with Crippen LogP contribution in [0.25, 0.3) is 12.2 Å². The number of nitrogens with zero attached hydrogens (tertiary/aromatic N) is 4. The van der Waals surface area contributed by atoms with Crippen molar-refractivity contribution in [2.45, 2.75) is 63.9 Å². The highest BCUT2D eigenvalue weighted by Gasteiger charge is 2.57. The van der Waals surface area contributed by atoms with Gasteiger partial charge in [-0.05, 0) is 62.1 Å². The number of rotatable bonds is 12. The van der Waals surface area contributed by atoms with E-state index >= 15 is 0 Å². The number of likely N-dealkylation sites (tertiary alicyclic amines) is 2. The average molecular weight is 817 g/mol. The summed E-state index contributed by atoms with van der Waals surface area (Å²) >= 11 is 0. The van der Waals surface area contributed by atoms with E-state index in [0.717, 1.165) is 24.2 Å². The van der Waals surface area contributed by atoms with E-state index in [-0.39, 0.29) is 72.0 Å². The van der Waals surface area contributed by atoms with Gasteiger partial charge in [-0.1, -0.05) is 85.0 Å². The number of esters is 2. The van der Waals surface area contributed by atoms with Crippen molar-refractivity contribution >= 4 is 24.1 Å². The number of aromatic nitrogens is 2. The summed E-state index contributed by atoms with van der Waals surface area (Å²) in [7, 11) is 2.78. The van der Waals surface area contributed by atoms with E-state index in [9.17, 15) is 29.4 Å². The maximum absolute atomic E-state index is 13.0. The van der Waals surface area contributed by atoms with Gasteiger partial charge in [-0.2, -0.15) is 0 Å². The third-order valence-corrected chi connectivity index (χ3v) is 13.0. The molecule has 8 atom stereocenters. The third kappa shape index (κ3) is 7.97. The molecule has 0 bridgehead atoms. The van der Waals surface area contributed by atoms with Gasteiger partial charge in [-0.25, -0.2) is 0 Å². The zero-order chi connectivity index (χ0) is 42.5. The number of hydrogen-bond acceptors (Lipinski definition) is 10. The molecule has 0 radical (unpaired) electrons. The van der Waals surface area contributed by atoms with Gasteiger partial charge in [-0.3, -0.25) is 29.0 Å². The molecule has 2 fully saturated rings. The van der Waals surface area contributed by atoms with Crippen molar-refractivity contribution in [1.82, 2.24) is 18.9 Å². The molecule has 0 saturated carbocycles. The topological polar surface area (TPSA) is 144 Å². The van der Waals surface area contributed by atoms with Crippen molar-refractivity contribution in [2.75, 3.05) is 40.5 Å². The minimum Gasteiger partial charge on any atom is -0.468 e. The van der Waals surface area contributed by atoms with Crippen LogP contribution < -0.4 is 11.1 Å². The predicted molar refractivity (Wildman–Crippen MR) is 230 cm³/mol. The van der Waals surface area contributed by atoms with Crippen molar-refractivity contribution in [1.29, 1.82) is 0 Å². The number of carbonyl (C=O) groups is 2. The first-order valence-electron chi connectivity index (χ1n) is 20.9. The smallest absolute Gasteiger partial charge is 0.323 e. The molecule has 12 nitrogen and oxygen atoms in total. The second-order valence-corrected chi connectivity index (χ2v) is 16.1. The fourth-order valence-corrected chi connectivity index (χ4v) is 10.4. The Hall–Kier alpha value is -5.40. The highest BCUT2D eigenvalue weighted by Crippen LogP contribution is 2.50. The van der Waals surface area contributed by atoms with Gasteiger partial charge in [0.2, 0.25) is 0 Å². The number of aliphatic hydroxyl groups excluding tert-OH is 2.